The molecule has 1 aromatic carbocycles. The molecule has 21 heavy (non-hydrogen) atoms. The number of nitriles is 1. The standard InChI is InChI=1S/C14H10ClN3O2S/c15-14-6-10-12(3-4-13(10)21-14)17-11-2-1-9(18(19)20)5-8(11)7-16/h1-2,5-6,12,17H,3-4H2. The molecule has 7 heteroatoms. The van der Waals surface area contributed by atoms with Gasteiger partial charge in [0.2, 0.25) is 0 Å². The number of benzene rings is 1. The minimum absolute atomic E-state index is 0.0808. The molecule has 3 rings (SSSR count). The summed E-state index contributed by atoms with van der Waals surface area (Å²) in [5.41, 5.74) is 1.97. The van der Waals surface area contributed by atoms with Gasteiger partial charge in [-0.3, -0.25) is 10.1 Å². The van der Waals surface area contributed by atoms with Gasteiger partial charge in [0.05, 0.1) is 26.6 Å². The van der Waals surface area contributed by atoms with Crippen LogP contribution in [0.1, 0.15) is 28.5 Å². The van der Waals surface area contributed by atoms with Gasteiger partial charge in [0.1, 0.15) is 6.07 Å². The topological polar surface area (TPSA) is 79.0 Å². The number of halogens is 1. The highest BCUT2D eigenvalue weighted by molar-refractivity contribution is 7.16. The van der Waals surface area contributed by atoms with Crippen molar-refractivity contribution in [1.29, 1.82) is 5.26 Å². The number of aryl methyl sites for hydroxylation is 1. The Balaban J connectivity index is 1.89. The van der Waals surface area contributed by atoms with Crippen molar-refractivity contribution in [3.63, 3.8) is 0 Å². The van der Waals surface area contributed by atoms with E-state index >= 15 is 0 Å². The van der Waals surface area contributed by atoms with E-state index in [-0.39, 0.29) is 17.3 Å². The Morgan fingerprint density at radius 1 is 1.48 bits per heavy atom. The fraction of sp³-hybridized carbons (Fsp3) is 0.214. The number of nitrogens with zero attached hydrogens (tertiary/aromatic N) is 2. The van der Waals surface area contributed by atoms with E-state index in [1.54, 1.807) is 17.4 Å². The molecule has 0 amide bonds. The minimum Gasteiger partial charge on any atom is -0.377 e. The molecular weight excluding hydrogens is 310 g/mol. The van der Waals surface area contributed by atoms with Gasteiger partial charge in [-0.25, -0.2) is 0 Å². The molecule has 1 aromatic heterocycles. The Morgan fingerprint density at radius 2 is 2.29 bits per heavy atom. The van der Waals surface area contributed by atoms with E-state index in [1.165, 1.54) is 17.0 Å². The highest BCUT2D eigenvalue weighted by Gasteiger charge is 2.25. The number of nitro groups is 1. The minimum atomic E-state index is -0.503. The van der Waals surface area contributed by atoms with Gasteiger partial charge < -0.3 is 5.32 Å². The number of hydrogen-bond donors (Lipinski definition) is 1. The van der Waals surface area contributed by atoms with Crippen molar-refractivity contribution >= 4 is 34.3 Å². The van der Waals surface area contributed by atoms with Gasteiger partial charge in [-0.15, -0.1) is 11.3 Å². The number of non-ortho nitro benzene ring substituents is 1. The first-order chi connectivity index (χ1) is 10.1. The van der Waals surface area contributed by atoms with Gasteiger partial charge in [-0.1, -0.05) is 11.6 Å². The van der Waals surface area contributed by atoms with Crippen molar-refractivity contribution in [2.75, 3.05) is 5.32 Å². The lowest BCUT2D eigenvalue weighted by Crippen LogP contribution is -2.08. The first-order valence-corrected chi connectivity index (χ1v) is 7.51. The summed E-state index contributed by atoms with van der Waals surface area (Å²) in [6.45, 7) is 0. The van der Waals surface area contributed by atoms with Crippen LogP contribution in [0.15, 0.2) is 24.3 Å². The van der Waals surface area contributed by atoms with Crippen LogP contribution in [0.4, 0.5) is 11.4 Å². The highest BCUT2D eigenvalue weighted by Crippen LogP contribution is 2.41. The number of fused-ring (bicyclic) bond motifs is 1. The van der Waals surface area contributed by atoms with Gasteiger partial charge >= 0.3 is 0 Å². The molecule has 0 bridgehead atoms. The van der Waals surface area contributed by atoms with Crippen molar-refractivity contribution in [2.45, 2.75) is 18.9 Å². The summed E-state index contributed by atoms with van der Waals surface area (Å²) in [6, 6.07) is 8.33. The Kier molecular flexibility index (Phi) is 3.53. The molecule has 1 aliphatic rings. The fourth-order valence-corrected chi connectivity index (χ4v) is 3.89. The Bertz CT molecular complexity index is 766. The van der Waals surface area contributed by atoms with E-state index in [0.29, 0.717) is 5.69 Å². The molecule has 5 nitrogen and oxygen atoms in total. The maximum atomic E-state index is 10.8. The average Bonchev–Trinajstić information content (AvgIpc) is 2.99. The van der Waals surface area contributed by atoms with Crippen LogP contribution in [0.3, 0.4) is 0 Å². The molecule has 0 spiro atoms. The zero-order valence-corrected chi connectivity index (χ0v) is 12.4. The second-order valence-electron chi connectivity index (χ2n) is 4.76. The Hall–Kier alpha value is -2.10. The normalized spacial score (nSPS) is 16.3. The monoisotopic (exact) mass is 319 g/mol. The number of rotatable bonds is 3. The van der Waals surface area contributed by atoms with E-state index in [2.05, 4.69) is 5.32 Å². The van der Waals surface area contributed by atoms with Crippen molar-refractivity contribution in [3.05, 3.63) is 54.7 Å². The molecule has 0 saturated heterocycles. The summed E-state index contributed by atoms with van der Waals surface area (Å²) in [4.78, 5) is 11.5. The third-order valence-electron chi connectivity index (χ3n) is 3.51. The van der Waals surface area contributed by atoms with Crippen molar-refractivity contribution in [1.82, 2.24) is 0 Å². The average molecular weight is 320 g/mol. The molecule has 0 radical (unpaired) electrons. The molecule has 1 atom stereocenters. The lowest BCUT2D eigenvalue weighted by molar-refractivity contribution is -0.384. The van der Waals surface area contributed by atoms with Gasteiger partial charge in [-0.05, 0) is 30.5 Å². The summed E-state index contributed by atoms with van der Waals surface area (Å²) in [7, 11) is 0. The first-order valence-electron chi connectivity index (χ1n) is 6.31. The predicted octanol–water partition coefficient (Wildman–Crippen LogP) is 4.28. The summed E-state index contributed by atoms with van der Waals surface area (Å²) < 4.78 is 0.760. The summed E-state index contributed by atoms with van der Waals surface area (Å²) in [5.74, 6) is 0. The smallest absolute Gasteiger partial charge is 0.270 e. The maximum absolute atomic E-state index is 10.8. The van der Waals surface area contributed by atoms with Crippen molar-refractivity contribution in [2.24, 2.45) is 0 Å². The second-order valence-corrected chi connectivity index (χ2v) is 6.53. The first kappa shape index (κ1) is 13.9. The molecule has 1 unspecified atom stereocenters. The second kappa shape index (κ2) is 5.35. The number of thiophene rings is 1. The summed E-state index contributed by atoms with van der Waals surface area (Å²) >= 11 is 7.60. The predicted molar refractivity (Wildman–Crippen MR) is 81.8 cm³/mol. The lowest BCUT2D eigenvalue weighted by Gasteiger charge is -2.15. The van der Waals surface area contributed by atoms with Crippen LogP contribution in [-0.2, 0) is 6.42 Å². The van der Waals surface area contributed by atoms with E-state index in [9.17, 15) is 10.1 Å². The largest absolute Gasteiger partial charge is 0.377 e. The van der Waals surface area contributed by atoms with Crippen LogP contribution in [0.25, 0.3) is 0 Å². The molecule has 2 aromatic rings. The van der Waals surface area contributed by atoms with Crippen LogP contribution in [0, 0.1) is 21.4 Å². The molecule has 0 saturated carbocycles. The van der Waals surface area contributed by atoms with Crippen LogP contribution in [0.2, 0.25) is 4.34 Å². The number of hydrogen-bond acceptors (Lipinski definition) is 5. The Labute approximate surface area is 129 Å². The molecular formula is C14H10ClN3O2S. The summed E-state index contributed by atoms with van der Waals surface area (Å²) in [5, 5.41) is 23.2. The van der Waals surface area contributed by atoms with Crippen molar-refractivity contribution < 1.29 is 4.92 Å². The molecule has 0 fully saturated rings. The Morgan fingerprint density at radius 3 is 3.00 bits per heavy atom. The molecule has 0 aliphatic heterocycles. The van der Waals surface area contributed by atoms with Gasteiger partial charge in [0, 0.05) is 17.0 Å². The van der Waals surface area contributed by atoms with Gasteiger partial charge in [0.25, 0.3) is 5.69 Å². The van der Waals surface area contributed by atoms with E-state index in [4.69, 9.17) is 16.9 Å². The third kappa shape index (κ3) is 2.58. The number of nitrogens with one attached hydrogen (secondary N) is 1. The number of nitro benzene ring substituents is 1. The van der Waals surface area contributed by atoms with Crippen LogP contribution in [-0.4, -0.2) is 4.92 Å². The van der Waals surface area contributed by atoms with Crippen LogP contribution >= 0.6 is 22.9 Å². The van der Waals surface area contributed by atoms with E-state index in [0.717, 1.165) is 22.7 Å². The van der Waals surface area contributed by atoms with Gasteiger partial charge in [-0.2, -0.15) is 5.26 Å². The zero-order chi connectivity index (χ0) is 15.0. The highest BCUT2D eigenvalue weighted by atomic mass is 35.5. The summed E-state index contributed by atoms with van der Waals surface area (Å²) in [6.07, 6.45) is 1.89. The van der Waals surface area contributed by atoms with E-state index < -0.39 is 4.92 Å². The zero-order valence-electron chi connectivity index (χ0n) is 10.8. The molecule has 106 valence electrons. The quantitative estimate of drug-likeness (QED) is 0.676. The molecule has 1 N–H and O–H groups in total. The molecule has 1 heterocycles. The third-order valence-corrected chi connectivity index (χ3v) is 4.85. The fourth-order valence-electron chi connectivity index (χ4n) is 2.53. The van der Waals surface area contributed by atoms with Crippen LogP contribution in [0.5, 0.6) is 0 Å². The maximum Gasteiger partial charge on any atom is 0.270 e. The molecule has 1 aliphatic carbocycles. The van der Waals surface area contributed by atoms with Gasteiger partial charge in [0.15, 0.2) is 0 Å². The van der Waals surface area contributed by atoms with Crippen LogP contribution < -0.4 is 5.32 Å². The lowest BCUT2D eigenvalue weighted by atomic mass is 10.1. The van der Waals surface area contributed by atoms with E-state index in [1.807, 2.05) is 12.1 Å². The number of anilines is 1. The van der Waals surface area contributed by atoms with Crippen molar-refractivity contribution in [3.8, 4) is 6.07 Å². The SMILES string of the molecule is N#Cc1cc([N+](=O)[O-])ccc1NC1CCc2sc(Cl)cc21.